The predicted octanol–water partition coefficient (Wildman–Crippen LogP) is 4.69. The molecule has 2 nitrogen and oxygen atoms in total. The van der Waals surface area contributed by atoms with Gasteiger partial charge in [-0.15, -0.1) is 0 Å². The van der Waals surface area contributed by atoms with Crippen molar-refractivity contribution in [3.63, 3.8) is 0 Å². The third-order valence-electron chi connectivity index (χ3n) is 3.77. The van der Waals surface area contributed by atoms with Gasteiger partial charge in [-0.2, -0.15) is 0 Å². The SMILES string of the molecule is Fc1ccc(C(=CCC2CC2)NOCc2ccccc2)cc1. The molecule has 1 aliphatic rings. The van der Waals surface area contributed by atoms with Crippen molar-refractivity contribution in [2.24, 2.45) is 5.92 Å². The number of hydrogen-bond acceptors (Lipinski definition) is 2. The molecule has 0 radical (unpaired) electrons. The van der Waals surface area contributed by atoms with Crippen molar-refractivity contribution in [3.8, 4) is 0 Å². The van der Waals surface area contributed by atoms with Crippen molar-refractivity contribution in [2.45, 2.75) is 25.9 Å². The van der Waals surface area contributed by atoms with Gasteiger partial charge >= 0.3 is 0 Å². The highest BCUT2D eigenvalue weighted by Crippen LogP contribution is 2.33. The second kappa shape index (κ2) is 7.23. The number of halogens is 1. The van der Waals surface area contributed by atoms with Crippen LogP contribution in [0.15, 0.2) is 60.7 Å². The molecule has 0 atom stereocenters. The molecule has 1 saturated carbocycles. The predicted molar refractivity (Wildman–Crippen MR) is 86.1 cm³/mol. The topological polar surface area (TPSA) is 21.3 Å². The van der Waals surface area contributed by atoms with Crippen LogP contribution >= 0.6 is 0 Å². The number of hydroxylamine groups is 1. The second-order valence-electron chi connectivity index (χ2n) is 5.68. The highest BCUT2D eigenvalue weighted by Gasteiger charge is 2.19. The average molecular weight is 297 g/mol. The van der Waals surface area contributed by atoms with Gasteiger partial charge in [0, 0.05) is 0 Å². The Bertz CT molecular complexity index is 618. The van der Waals surface area contributed by atoms with E-state index in [1.54, 1.807) is 12.1 Å². The van der Waals surface area contributed by atoms with E-state index < -0.39 is 0 Å². The molecule has 3 heteroatoms. The highest BCUT2D eigenvalue weighted by atomic mass is 19.1. The van der Waals surface area contributed by atoms with E-state index in [1.165, 1.54) is 25.0 Å². The Hall–Kier alpha value is -2.13. The standard InChI is InChI=1S/C19H20FNO/c20-18-11-9-17(10-12-18)19(13-8-15-6-7-15)21-22-14-16-4-2-1-3-5-16/h1-5,9-13,15,21H,6-8,14H2. The Morgan fingerprint density at radius 1 is 1.09 bits per heavy atom. The first-order valence-corrected chi connectivity index (χ1v) is 7.69. The van der Waals surface area contributed by atoms with Crippen LogP contribution in [0.1, 0.15) is 30.4 Å². The minimum Gasteiger partial charge on any atom is -0.271 e. The van der Waals surface area contributed by atoms with Crippen LogP contribution in [0.4, 0.5) is 4.39 Å². The summed E-state index contributed by atoms with van der Waals surface area (Å²) < 4.78 is 13.1. The molecular formula is C19H20FNO. The number of rotatable bonds is 7. The van der Waals surface area contributed by atoms with E-state index in [0.29, 0.717) is 6.61 Å². The largest absolute Gasteiger partial charge is 0.271 e. The maximum atomic E-state index is 13.1. The van der Waals surface area contributed by atoms with Crippen LogP contribution in [-0.2, 0) is 11.4 Å². The van der Waals surface area contributed by atoms with Gasteiger partial charge in [0.2, 0.25) is 0 Å². The first-order valence-electron chi connectivity index (χ1n) is 7.69. The zero-order valence-electron chi connectivity index (χ0n) is 12.5. The lowest BCUT2D eigenvalue weighted by Crippen LogP contribution is -2.13. The molecular weight excluding hydrogens is 277 g/mol. The fraction of sp³-hybridized carbons (Fsp3) is 0.263. The van der Waals surface area contributed by atoms with E-state index in [4.69, 9.17) is 4.84 Å². The maximum Gasteiger partial charge on any atom is 0.123 e. The molecule has 0 aliphatic heterocycles. The Kier molecular flexibility index (Phi) is 4.86. The van der Waals surface area contributed by atoms with Gasteiger partial charge in [-0.3, -0.25) is 10.3 Å². The van der Waals surface area contributed by atoms with Gasteiger partial charge in [0.05, 0.1) is 12.3 Å². The average Bonchev–Trinajstić information content (AvgIpc) is 3.37. The first kappa shape index (κ1) is 14.8. The first-order chi connectivity index (χ1) is 10.8. The minimum absolute atomic E-state index is 0.226. The van der Waals surface area contributed by atoms with Crippen LogP contribution in [0.2, 0.25) is 0 Å². The van der Waals surface area contributed by atoms with Crippen molar-refractivity contribution in [3.05, 3.63) is 77.6 Å². The second-order valence-corrected chi connectivity index (χ2v) is 5.68. The Balaban J connectivity index is 1.63. The fourth-order valence-electron chi connectivity index (χ4n) is 2.26. The van der Waals surface area contributed by atoms with Gasteiger partial charge in [-0.1, -0.05) is 36.4 Å². The number of allylic oxidation sites excluding steroid dienone is 1. The summed E-state index contributed by atoms with van der Waals surface area (Å²) in [5.74, 6) is 0.571. The molecule has 0 amide bonds. The Labute approximate surface area is 130 Å². The van der Waals surface area contributed by atoms with Crippen LogP contribution < -0.4 is 5.48 Å². The highest BCUT2D eigenvalue weighted by molar-refractivity contribution is 5.63. The molecule has 1 aliphatic carbocycles. The molecule has 1 N–H and O–H groups in total. The molecule has 2 aromatic rings. The van der Waals surface area contributed by atoms with Crippen molar-refractivity contribution < 1.29 is 9.23 Å². The van der Waals surface area contributed by atoms with Gasteiger partial charge in [0.15, 0.2) is 0 Å². The molecule has 22 heavy (non-hydrogen) atoms. The Morgan fingerprint density at radius 3 is 2.50 bits per heavy atom. The third kappa shape index (κ3) is 4.43. The van der Waals surface area contributed by atoms with Crippen LogP contribution in [0, 0.1) is 11.7 Å². The van der Waals surface area contributed by atoms with Crippen LogP contribution in [0.3, 0.4) is 0 Å². The lowest BCUT2D eigenvalue weighted by Gasteiger charge is -2.12. The van der Waals surface area contributed by atoms with Crippen LogP contribution in [0.5, 0.6) is 0 Å². The van der Waals surface area contributed by atoms with E-state index in [1.807, 2.05) is 30.3 Å². The summed E-state index contributed by atoms with van der Waals surface area (Å²) in [6.07, 6.45) is 5.79. The summed E-state index contributed by atoms with van der Waals surface area (Å²) in [5.41, 5.74) is 5.98. The molecule has 1 fully saturated rings. The number of hydrogen-bond donors (Lipinski definition) is 1. The van der Waals surface area contributed by atoms with Crippen molar-refractivity contribution in [1.82, 2.24) is 5.48 Å². The van der Waals surface area contributed by atoms with Crippen LogP contribution in [0.25, 0.3) is 5.70 Å². The van der Waals surface area contributed by atoms with Crippen molar-refractivity contribution in [1.29, 1.82) is 0 Å². The van der Waals surface area contributed by atoms with Gasteiger partial charge in [-0.25, -0.2) is 4.39 Å². The summed E-state index contributed by atoms with van der Waals surface area (Å²) in [6.45, 7) is 0.489. The van der Waals surface area contributed by atoms with Gasteiger partial charge in [0.1, 0.15) is 5.82 Å². The molecule has 114 valence electrons. The van der Waals surface area contributed by atoms with Gasteiger partial charge in [0.25, 0.3) is 0 Å². The molecule has 0 saturated heterocycles. The smallest absolute Gasteiger partial charge is 0.123 e. The van der Waals surface area contributed by atoms with Crippen molar-refractivity contribution in [2.75, 3.05) is 0 Å². The fourth-order valence-corrected chi connectivity index (χ4v) is 2.26. The normalized spacial score (nSPS) is 14.9. The van der Waals surface area contributed by atoms with E-state index in [9.17, 15) is 4.39 Å². The summed E-state index contributed by atoms with van der Waals surface area (Å²) in [6, 6.07) is 16.5. The summed E-state index contributed by atoms with van der Waals surface area (Å²) in [4.78, 5) is 5.61. The quantitative estimate of drug-likeness (QED) is 0.749. The lowest BCUT2D eigenvalue weighted by molar-refractivity contribution is 0.0644. The zero-order chi connectivity index (χ0) is 15.2. The van der Waals surface area contributed by atoms with Crippen LogP contribution in [-0.4, -0.2) is 0 Å². The van der Waals surface area contributed by atoms with E-state index >= 15 is 0 Å². The number of nitrogens with one attached hydrogen (secondary N) is 1. The minimum atomic E-state index is -0.226. The summed E-state index contributed by atoms with van der Waals surface area (Å²) in [7, 11) is 0. The molecule has 0 aromatic heterocycles. The molecule has 0 heterocycles. The molecule has 2 aromatic carbocycles. The number of benzene rings is 2. The van der Waals surface area contributed by atoms with E-state index in [2.05, 4.69) is 11.6 Å². The summed E-state index contributed by atoms with van der Waals surface area (Å²) in [5, 5.41) is 0. The molecule has 0 spiro atoms. The van der Waals surface area contributed by atoms with E-state index in [0.717, 1.165) is 29.2 Å². The summed E-state index contributed by atoms with van der Waals surface area (Å²) >= 11 is 0. The monoisotopic (exact) mass is 297 g/mol. The van der Waals surface area contributed by atoms with Gasteiger partial charge < -0.3 is 0 Å². The molecule has 3 rings (SSSR count). The zero-order valence-corrected chi connectivity index (χ0v) is 12.5. The van der Waals surface area contributed by atoms with E-state index in [-0.39, 0.29) is 5.82 Å². The lowest BCUT2D eigenvalue weighted by atomic mass is 10.1. The van der Waals surface area contributed by atoms with Gasteiger partial charge in [-0.05, 0) is 60.6 Å². The maximum absolute atomic E-state index is 13.1. The molecule has 0 bridgehead atoms. The Morgan fingerprint density at radius 2 is 1.82 bits per heavy atom. The van der Waals surface area contributed by atoms with Crippen molar-refractivity contribution >= 4 is 5.70 Å². The molecule has 0 unspecified atom stereocenters. The third-order valence-corrected chi connectivity index (χ3v) is 3.77.